The van der Waals surface area contributed by atoms with E-state index in [2.05, 4.69) is 4.98 Å². The monoisotopic (exact) mass is 510 g/mol. The number of thiazole rings is 1. The van der Waals surface area contributed by atoms with Gasteiger partial charge in [0.15, 0.2) is 10.9 Å². The quantitative estimate of drug-likeness (QED) is 0.486. The minimum Gasteiger partial charge on any atom is -0.379 e. The summed E-state index contributed by atoms with van der Waals surface area (Å²) < 4.78 is 60.4. The maximum atomic E-state index is 14.2. The Labute approximate surface area is 200 Å². The number of hydrogen-bond donors (Lipinski definition) is 0. The molecule has 34 heavy (non-hydrogen) atoms. The lowest BCUT2D eigenvalue weighted by molar-refractivity contribution is 0.0730. The molecule has 0 bridgehead atoms. The lowest BCUT2D eigenvalue weighted by Gasteiger charge is -2.26. The highest BCUT2D eigenvalue weighted by Gasteiger charge is 2.27. The number of ether oxygens (including phenoxy) is 1. The Morgan fingerprint density at radius 2 is 1.79 bits per heavy atom. The van der Waals surface area contributed by atoms with E-state index >= 15 is 0 Å². The lowest BCUT2D eigenvalue weighted by Crippen LogP contribution is -2.40. The van der Waals surface area contributed by atoms with Crippen molar-refractivity contribution in [3.8, 4) is 0 Å². The van der Waals surface area contributed by atoms with Gasteiger partial charge in [0, 0.05) is 37.8 Å². The molecule has 0 aliphatic carbocycles. The summed E-state index contributed by atoms with van der Waals surface area (Å²) in [5.41, 5.74) is 0.251. The number of anilines is 1. The molecule has 2 aromatic carbocycles. The van der Waals surface area contributed by atoms with Crippen molar-refractivity contribution in [3.05, 3.63) is 53.6 Å². The van der Waals surface area contributed by atoms with Crippen LogP contribution in [0, 0.1) is 11.6 Å². The minimum absolute atomic E-state index is 0.00370. The van der Waals surface area contributed by atoms with Crippen molar-refractivity contribution >= 4 is 42.6 Å². The second kappa shape index (κ2) is 10.0. The van der Waals surface area contributed by atoms with Crippen molar-refractivity contribution in [2.24, 2.45) is 0 Å². The number of nitrogens with zero attached hydrogens (tertiary/aromatic N) is 4. The molecule has 0 spiro atoms. The van der Waals surface area contributed by atoms with Crippen LogP contribution in [0.3, 0.4) is 0 Å². The Kier molecular flexibility index (Phi) is 7.24. The minimum atomic E-state index is -3.69. The Hall–Kier alpha value is -2.51. The van der Waals surface area contributed by atoms with Crippen LogP contribution in [0.25, 0.3) is 10.2 Å². The maximum absolute atomic E-state index is 14.2. The van der Waals surface area contributed by atoms with Crippen LogP contribution < -0.4 is 4.90 Å². The highest BCUT2D eigenvalue weighted by molar-refractivity contribution is 7.89. The molecular weight excluding hydrogens is 486 g/mol. The number of amides is 1. The molecule has 1 aliphatic heterocycles. The van der Waals surface area contributed by atoms with Gasteiger partial charge in [-0.2, -0.15) is 4.31 Å². The molecule has 0 N–H and O–H groups in total. The zero-order valence-electron chi connectivity index (χ0n) is 18.7. The SMILES string of the molecule is CN(C)CCN(C(=O)c1ccc(S(=O)(=O)N2CCOCC2)cc1)c1nc2c(F)cc(F)cc2s1. The number of likely N-dealkylation sites (N-methyl/N-ethyl adjacent to an activating group) is 1. The lowest BCUT2D eigenvalue weighted by atomic mass is 10.2. The molecule has 1 aliphatic rings. The summed E-state index contributed by atoms with van der Waals surface area (Å²) in [4.78, 5) is 21.0. The molecule has 1 aromatic heterocycles. The van der Waals surface area contributed by atoms with Gasteiger partial charge in [0.2, 0.25) is 10.0 Å². The maximum Gasteiger partial charge on any atom is 0.260 e. The number of morpholine rings is 1. The predicted octanol–water partition coefficient (Wildman–Crippen LogP) is 2.80. The highest BCUT2D eigenvalue weighted by Crippen LogP contribution is 2.32. The van der Waals surface area contributed by atoms with Gasteiger partial charge >= 0.3 is 0 Å². The van der Waals surface area contributed by atoms with Gasteiger partial charge in [-0.25, -0.2) is 22.2 Å². The summed E-state index contributed by atoms with van der Waals surface area (Å²) in [6.45, 7) is 1.98. The largest absolute Gasteiger partial charge is 0.379 e. The first-order valence-electron chi connectivity index (χ1n) is 10.6. The van der Waals surface area contributed by atoms with Crippen molar-refractivity contribution < 1.29 is 26.7 Å². The summed E-state index contributed by atoms with van der Waals surface area (Å²) >= 11 is 1.02. The normalized spacial score (nSPS) is 15.2. The van der Waals surface area contributed by atoms with Crippen LogP contribution in [-0.2, 0) is 14.8 Å². The number of benzene rings is 2. The topological polar surface area (TPSA) is 83.1 Å². The molecule has 0 atom stereocenters. The summed E-state index contributed by atoms with van der Waals surface area (Å²) in [5, 5.41) is 0.233. The van der Waals surface area contributed by atoms with Crippen molar-refractivity contribution in [3.63, 3.8) is 0 Å². The Bertz CT molecular complexity index is 1290. The Balaban J connectivity index is 1.63. The van der Waals surface area contributed by atoms with Crippen LogP contribution in [0.2, 0.25) is 0 Å². The number of carbonyl (C=O) groups excluding carboxylic acids is 1. The van der Waals surface area contributed by atoms with Crippen LogP contribution in [-0.4, -0.2) is 82.0 Å². The number of rotatable bonds is 7. The van der Waals surface area contributed by atoms with Crippen LogP contribution >= 0.6 is 11.3 Å². The average Bonchev–Trinajstić information content (AvgIpc) is 3.23. The van der Waals surface area contributed by atoms with Gasteiger partial charge in [0.25, 0.3) is 5.91 Å². The summed E-state index contributed by atoms with van der Waals surface area (Å²) in [6, 6.07) is 7.63. The molecule has 1 amide bonds. The molecule has 182 valence electrons. The van der Waals surface area contributed by atoms with E-state index in [9.17, 15) is 22.0 Å². The van der Waals surface area contributed by atoms with E-state index in [-0.39, 0.29) is 40.7 Å². The second-order valence-corrected chi connectivity index (χ2v) is 11.0. The molecule has 12 heteroatoms. The van der Waals surface area contributed by atoms with Gasteiger partial charge in [0.05, 0.1) is 22.8 Å². The zero-order chi connectivity index (χ0) is 24.5. The Morgan fingerprint density at radius 3 is 2.44 bits per heavy atom. The van der Waals surface area contributed by atoms with Gasteiger partial charge in [-0.15, -0.1) is 0 Å². The first-order chi connectivity index (χ1) is 16.2. The van der Waals surface area contributed by atoms with Gasteiger partial charge < -0.3 is 9.64 Å². The van der Waals surface area contributed by atoms with Gasteiger partial charge in [0.1, 0.15) is 11.3 Å². The fourth-order valence-corrected chi connectivity index (χ4v) is 5.94. The number of hydrogen-bond acceptors (Lipinski definition) is 7. The molecular formula is C22H24F2N4O4S2. The van der Waals surface area contributed by atoms with Crippen LogP contribution in [0.15, 0.2) is 41.3 Å². The number of sulfonamides is 1. The average molecular weight is 511 g/mol. The van der Waals surface area contributed by atoms with Crippen molar-refractivity contribution in [2.75, 3.05) is 58.4 Å². The number of aromatic nitrogens is 1. The molecule has 3 aromatic rings. The Morgan fingerprint density at radius 1 is 1.12 bits per heavy atom. The fraction of sp³-hybridized carbons (Fsp3) is 0.364. The highest BCUT2D eigenvalue weighted by atomic mass is 32.2. The predicted molar refractivity (Wildman–Crippen MR) is 126 cm³/mol. The van der Waals surface area contributed by atoms with Gasteiger partial charge in [-0.05, 0) is 44.4 Å². The van der Waals surface area contributed by atoms with E-state index in [4.69, 9.17) is 4.74 Å². The molecule has 0 saturated carbocycles. The molecule has 8 nitrogen and oxygen atoms in total. The van der Waals surface area contributed by atoms with Gasteiger partial charge in [-0.3, -0.25) is 9.69 Å². The molecule has 0 unspecified atom stereocenters. The number of fused-ring (bicyclic) bond motifs is 1. The van der Waals surface area contributed by atoms with Crippen LogP contribution in [0.5, 0.6) is 0 Å². The summed E-state index contributed by atoms with van der Waals surface area (Å²) in [6.07, 6.45) is 0. The third kappa shape index (κ3) is 5.10. The van der Waals surface area contributed by atoms with Crippen molar-refractivity contribution in [1.29, 1.82) is 0 Å². The van der Waals surface area contributed by atoms with E-state index in [0.717, 1.165) is 17.4 Å². The standard InChI is InChI=1S/C22H24F2N4O4S2/c1-26(2)7-8-28(22-25-20-18(24)13-16(23)14-19(20)33-22)21(29)15-3-5-17(6-4-15)34(30,31)27-9-11-32-12-10-27/h3-6,13-14H,7-12H2,1-2H3. The fourth-order valence-electron chi connectivity index (χ4n) is 3.51. The van der Waals surface area contributed by atoms with E-state index in [0.29, 0.717) is 24.5 Å². The van der Waals surface area contributed by atoms with E-state index < -0.39 is 27.6 Å². The van der Waals surface area contributed by atoms with Crippen molar-refractivity contribution in [1.82, 2.24) is 14.2 Å². The van der Waals surface area contributed by atoms with Crippen LogP contribution in [0.1, 0.15) is 10.4 Å². The van der Waals surface area contributed by atoms with Gasteiger partial charge in [-0.1, -0.05) is 11.3 Å². The van der Waals surface area contributed by atoms with E-state index in [1.807, 2.05) is 19.0 Å². The third-order valence-corrected chi connectivity index (χ3v) is 8.30. The molecule has 0 radical (unpaired) electrons. The van der Waals surface area contributed by atoms with E-state index in [1.165, 1.54) is 39.5 Å². The number of carbonyl (C=O) groups is 1. The first-order valence-corrected chi connectivity index (χ1v) is 12.8. The smallest absolute Gasteiger partial charge is 0.260 e. The first kappa shape index (κ1) is 24.6. The molecule has 1 fully saturated rings. The molecule has 2 heterocycles. The third-order valence-electron chi connectivity index (χ3n) is 5.36. The summed E-state index contributed by atoms with van der Waals surface area (Å²) in [7, 11) is 0.00684. The summed E-state index contributed by atoms with van der Waals surface area (Å²) in [5.74, 6) is -1.93. The van der Waals surface area contributed by atoms with Crippen molar-refractivity contribution in [2.45, 2.75) is 4.90 Å². The number of halogens is 2. The second-order valence-electron chi connectivity index (χ2n) is 8.03. The van der Waals surface area contributed by atoms with Crippen LogP contribution in [0.4, 0.5) is 13.9 Å². The zero-order valence-corrected chi connectivity index (χ0v) is 20.3. The molecule has 1 saturated heterocycles. The molecule has 4 rings (SSSR count). The van der Waals surface area contributed by atoms with E-state index in [1.54, 1.807) is 0 Å².